The predicted octanol–water partition coefficient (Wildman–Crippen LogP) is 3.07. The average Bonchev–Trinajstić information content (AvgIpc) is 2.28. The van der Waals surface area contributed by atoms with Crippen molar-refractivity contribution in [2.75, 3.05) is 13.1 Å². The highest BCUT2D eigenvalue weighted by atomic mass is 16.6. The van der Waals surface area contributed by atoms with Crippen LogP contribution in [0.2, 0.25) is 0 Å². The van der Waals surface area contributed by atoms with Crippen molar-refractivity contribution in [3.05, 3.63) is 39.9 Å². The summed E-state index contributed by atoms with van der Waals surface area (Å²) in [5.41, 5.74) is 1.32. The van der Waals surface area contributed by atoms with E-state index in [9.17, 15) is 10.1 Å². The molecule has 1 aliphatic heterocycles. The van der Waals surface area contributed by atoms with Gasteiger partial charge in [0.2, 0.25) is 0 Å². The number of piperidine rings is 1. The Bertz CT molecular complexity index is 406. The summed E-state index contributed by atoms with van der Waals surface area (Å²) < 4.78 is 0. The molecule has 2 rings (SSSR count). The molecule has 0 aliphatic carbocycles. The molecule has 0 aromatic heterocycles. The van der Waals surface area contributed by atoms with Gasteiger partial charge in [-0.1, -0.05) is 26.0 Å². The Labute approximate surface area is 108 Å². The lowest BCUT2D eigenvalue weighted by Crippen LogP contribution is -2.38. The van der Waals surface area contributed by atoms with Crippen LogP contribution in [0, 0.1) is 22.0 Å². The number of nitrogens with zero attached hydrogens (tertiary/aromatic N) is 2. The molecule has 2 atom stereocenters. The molecule has 1 saturated heterocycles. The molecule has 0 radical (unpaired) electrons. The maximum absolute atomic E-state index is 10.6. The van der Waals surface area contributed by atoms with Gasteiger partial charge in [-0.05, 0) is 23.8 Å². The topological polar surface area (TPSA) is 46.4 Å². The van der Waals surface area contributed by atoms with E-state index in [1.165, 1.54) is 6.42 Å². The molecule has 0 spiro atoms. The van der Waals surface area contributed by atoms with Gasteiger partial charge in [-0.25, -0.2) is 0 Å². The Kier molecular flexibility index (Phi) is 3.97. The Morgan fingerprint density at radius 3 is 2.28 bits per heavy atom. The van der Waals surface area contributed by atoms with E-state index in [1.54, 1.807) is 12.1 Å². The van der Waals surface area contributed by atoms with Crippen LogP contribution in [0.4, 0.5) is 5.69 Å². The zero-order valence-corrected chi connectivity index (χ0v) is 11.0. The Balaban J connectivity index is 1.98. The third kappa shape index (κ3) is 3.29. The van der Waals surface area contributed by atoms with Crippen LogP contribution in [0.1, 0.15) is 25.8 Å². The summed E-state index contributed by atoms with van der Waals surface area (Å²) in [5, 5.41) is 10.6. The van der Waals surface area contributed by atoms with Crippen molar-refractivity contribution in [2.24, 2.45) is 11.8 Å². The summed E-state index contributed by atoms with van der Waals surface area (Å²) in [6.45, 7) is 7.73. The molecule has 4 nitrogen and oxygen atoms in total. The van der Waals surface area contributed by atoms with E-state index in [0.717, 1.165) is 37.0 Å². The molecular weight excluding hydrogens is 228 g/mol. The minimum absolute atomic E-state index is 0.166. The number of hydrogen-bond acceptors (Lipinski definition) is 3. The fourth-order valence-corrected chi connectivity index (χ4v) is 2.90. The minimum Gasteiger partial charge on any atom is -0.299 e. The quantitative estimate of drug-likeness (QED) is 0.610. The molecule has 18 heavy (non-hydrogen) atoms. The predicted molar refractivity (Wildman–Crippen MR) is 71.3 cm³/mol. The van der Waals surface area contributed by atoms with Crippen molar-refractivity contribution in [1.29, 1.82) is 0 Å². The lowest BCUT2D eigenvalue weighted by atomic mass is 9.91. The van der Waals surface area contributed by atoms with Crippen LogP contribution in [0.15, 0.2) is 24.3 Å². The Morgan fingerprint density at radius 1 is 1.22 bits per heavy atom. The van der Waals surface area contributed by atoms with Crippen molar-refractivity contribution in [3.8, 4) is 0 Å². The molecule has 4 heteroatoms. The van der Waals surface area contributed by atoms with E-state index in [-0.39, 0.29) is 10.6 Å². The Hall–Kier alpha value is -1.42. The van der Waals surface area contributed by atoms with Gasteiger partial charge in [-0.2, -0.15) is 0 Å². The summed E-state index contributed by atoms with van der Waals surface area (Å²) in [5.74, 6) is 1.48. The smallest absolute Gasteiger partial charge is 0.269 e. The van der Waals surface area contributed by atoms with Crippen LogP contribution in [0.5, 0.6) is 0 Å². The van der Waals surface area contributed by atoms with Gasteiger partial charge in [-0.3, -0.25) is 15.0 Å². The van der Waals surface area contributed by atoms with Gasteiger partial charge in [0.25, 0.3) is 5.69 Å². The number of nitro groups is 1. The molecule has 0 amide bonds. The number of rotatable bonds is 3. The minimum atomic E-state index is -0.352. The number of nitro benzene ring substituents is 1. The number of benzene rings is 1. The first-order valence-electron chi connectivity index (χ1n) is 6.50. The van der Waals surface area contributed by atoms with E-state index in [0.29, 0.717) is 0 Å². The van der Waals surface area contributed by atoms with Crippen molar-refractivity contribution in [1.82, 2.24) is 4.90 Å². The molecule has 1 aromatic rings. The van der Waals surface area contributed by atoms with Gasteiger partial charge in [0, 0.05) is 31.8 Å². The maximum Gasteiger partial charge on any atom is 0.269 e. The molecular formula is C14H20N2O2. The number of likely N-dealkylation sites (tertiary alicyclic amines) is 1. The highest BCUT2D eigenvalue weighted by molar-refractivity contribution is 5.32. The molecule has 98 valence electrons. The second-order valence-electron chi connectivity index (χ2n) is 5.56. The van der Waals surface area contributed by atoms with E-state index < -0.39 is 0 Å². The van der Waals surface area contributed by atoms with Crippen LogP contribution >= 0.6 is 0 Å². The molecule has 0 bridgehead atoms. The number of hydrogen-bond donors (Lipinski definition) is 0. The van der Waals surface area contributed by atoms with Gasteiger partial charge >= 0.3 is 0 Å². The molecule has 0 N–H and O–H groups in total. The van der Waals surface area contributed by atoms with Gasteiger partial charge in [-0.15, -0.1) is 0 Å². The number of non-ortho nitro benzene ring substituents is 1. The van der Waals surface area contributed by atoms with Crippen molar-refractivity contribution >= 4 is 5.69 Å². The third-order valence-electron chi connectivity index (χ3n) is 3.50. The van der Waals surface area contributed by atoms with Gasteiger partial charge in [0.05, 0.1) is 4.92 Å². The first-order chi connectivity index (χ1) is 8.54. The summed E-state index contributed by atoms with van der Waals surface area (Å²) in [4.78, 5) is 12.7. The van der Waals surface area contributed by atoms with Crippen LogP contribution in [0.25, 0.3) is 0 Å². The lowest BCUT2D eigenvalue weighted by molar-refractivity contribution is -0.384. The summed E-state index contributed by atoms with van der Waals surface area (Å²) in [6.07, 6.45) is 1.30. The molecule has 0 saturated carbocycles. The molecule has 1 aliphatic rings. The summed E-state index contributed by atoms with van der Waals surface area (Å²) in [7, 11) is 0. The molecule has 1 heterocycles. The van der Waals surface area contributed by atoms with Crippen LogP contribution in [-0.4, -0.2) is 22.9 Å². The standard InChI is InChI=1S/C14H20N2O2/c1-11-7-12(2)9-15(8-11)10-13-3-5-14(6-4-13)16(17)18/h3-6,11-12H,7-10H2,1-2H3/t11-,12-/m0/s1. The zero-order valence-electron chi connectivity index (χ0n) is 11.0. The molecule has 1 aromatic carbocycles. The van der Waals surface area contributed by atoms with E-state index in [1.807, 2.05) is 12.1 Å². The van der Waals surface area contributed by atoms with E-state index in [2.05, 4.69) is 18.7 Å². The summed E-state index contributed by atoms with van der Waals surface area (Å²) >= 11 is 0. The van der Waals surface area contributed by atoms with Crippen molar-refractivity contribution in [3.63, 3.8) is 0 Å². The average molecular weight is 248 g/mol. The fourth-order valence-electron chi connectivity index (χ4n) is 2.90. The SMILES string of the molecule is C[C@H]1C[C@H](C)CN(Cc2ccc([N+](=O)[O-])cc2)C1. The van der Waals surface area contributed by atoms with Crippen molar-refractivity contribution < 1.29 is 4.92 Å². The largest absolute Gasteiger partial charge is 0.299 e. The fraction of sp³-hybridized carbons (Fsp3) is 0.571. The maximum atomic E-state index is 10.6. The van der Waals surface area contributed by atoms with Crippen molar-refractivity contribution in [2.45, 2.75) is 26.8 Å². The highest BCUT2D eigenvalue weighted by Crippen LogP contribution is 2.23. The first kappa shape index (κ1) is 13.0. The second-order valence-corrected chi connectivity index (χ2v) is 5.56. The third-order valence-corrected chi connectivity index (χ3v) is 3.50. The monoisotopic (exact) mass is 248 g/mol. The molecule has 0 unspecified atom stereocenters. The first-order valence-corrected chi connectivity index (χ1v) is 6.50. The normalized spacial score (nSPS) is 25.0. The Morgan fingerprint density at radius 2 is 1.78 bits per heavy atom. The van der Waals surface area contributed by atoms with E-state index in [4.69, 9.17) is 0 Å². The van der Waals surface area contributed by atoms with Gasteiger partial charge in [0.15, 0.2) is 0 Å². The van der Waals surface area contributed by atoms with Crippen LogP contribution in [0.3, 0.4) is 0 Å². The zero-order chi connectivity index (χ0) is 13.1. The highest BCUT2D eigenvalue weighted by Gasteiger charge is 2.21. The van der Waals surface area contributed by atoms with E-state index >= 15 is 0 Å². The summed E-state index contributed by atoms with van der Waals surface area (Å²) in [6, 6.07) is 6.91. The second kappa shape index (κ2) is 5.48. The molecule has 1 fully saturated rings. The van der Waals surface area contributed by atoms with Gasteiger partial charge in [0.1, 0.15) is 0 Å². The van der Waals surface area contributed by atoms with Crippen LogP contribution in [-0.2, 0) is 6.54 Å². The van der Waals surface area contributed by atoms with Crippen LogP contribution < -0.4 is 0 Å². The van der Waals surface area contributed by atoms with Gasteiger partial charge < -0.3 is 0 Å². The lowest BCUT2D eigenvalue weighted by Gasteiger charge is -2.34.